The number of thioether (sulfide) groups is 1. The van der Waals surface area contributed by atoms with Crippen molar-refractivity contribution in [3.8, 4) is 0 Å². The van der Waals surface area contributed by atoms with Crippen LogP contribution >= 0.6 is 23.4 Å². The van der Waals surface area contributed by atoms with Crippen molar-refractivity contribution in [3.63, 3.8) is 0 Å². The van der Waals surface area contributed by atoms with E-state index in [-0.39, 0.29) is 5.25 Å². The minimum atomic E-state index is -3.13. The van der Waals surface area contributed by atoms with Gasteiger partial charge in [0.1, 0.15) is 0 Å². The van der Waals surface area contributed by atoms with Crippen LogP contribution in [0.2, 0.25) is 5.02 Å². The van der Waals surface area contributed by atoms with E-state index in [2.05, 4.69) is 0 Å². The third-order valence-electron chi connectivity index (χ3n) is 4.37. The Kier molecular flexibility index (Phi) is 7.73. The quantitative estimate of drug-likeness (QED) is 0.783. The van der Waals surface area contributed by atoms with E-state index in [1.807, 2.05) is 0 Å². The number of halogens is 1. The maximum atomic E-state index is 12.1. The molecule has 1 heterocycles. The number of hydrogen-bond donors (Lipinski definition) is 1. The molecule has 2 fully saturated rings. The first-order valence-electron chi connectivity index (χ1n) is 8.33. The molecule has 1 aliphatic carbocycles. The molecule has 2 N–H and O–H groups in total. The molecule has 23 heavy (non-hydrogen) atoms. The highest BCUT2D eigenvalue weighted by molar-refractivity contribution is 8.01. The third-order valence-corrected chi connectivity index (χ3v) is 8.20. The third kappa shape index (κ3) is 5.96. The highest BCUT2D eigenvalue weighted by Crippen LogP contribution is 2.28. The zero-order chi connectivity index (χ0) is 16.7. The van der Waals surface area contributed by atoms with Gasteiger partial charge >= 0.3 is 0 Å². The molecule has 1 unspecified atom stereocenters. The van der Waals surface area contributed by atoms with Crippen molar-refractivity contribution < 1.29 is 8.42 Å². The Hall–Kier alpha value is -0.230. The molecule has 1 aliphatic heterocycles. The standard InChI is InChI=1S/C10H11ClO2S2.C7H15N/c11-8-1-3-9(4-2-8)15(12,13)10-5-6-14-7-10;8-7-5-3-1-2-4-6-7/h1-4,10H,5-7H2;7H,1-6,8H2. The van der Waals surface area contributed by atoms with Crippen molar-refractivity contribution in [2.24, 2.45) is 5.73 Å². The molecule has 1 atom stereocenters. The summed E-state index contributed by atoms with van der Waals surface area (Å²) in [6.45, 7) is 0. The zero-order valence-corrected chi connectivity index (χ0v) is 15.8. The van der Waals surface area contributed by atoms with Gasteiger partial charge in [0, 0.05) is 16.8 Å². The van der Waals surface area contributed by atoms with Gasteiger partial charge in [0.25, 0.3) is 0 Å². The van der Waals surface area contributed by atoms with Gasteiger partial charge in [-0.15, -0.1) is 0 Å². The largest absolute Gasteiger partial charge is 0.328 e. The Bertz CT molecular complexity index is 561. The molecule has 0 radical (unpaired) electrons. The topological polar surface area (TPSA) is 60.2 Å². The van der Waals surface area contributed by atoms with E-state index in [1.54, 1.807) is 36.0 Å². The van der Waals surface area contributed by atoms with E-state index in [1.165, 1.54) is 38.5 Å². The van der Waals surface area contributed by atoms with E-state index in [0.717, 1.165) is 12.2 Å². The number of benzene rings is 1. The van der Waals surface area contributed by atoms with Crippen molar-refractivity contribution in [2.75, 3.05) is 11.5 Å². The van der Waals surface area contributed by atoms with Crippen molar-refractivity contribution in [1.82, 2.24) is 0 Å². The first-order chi connectivity index (χ1) is 11.0. The second kappa shape index (κ2) is 9.30. The van der Waals surface area contributed by atoms with Gasteiger partial charge in [-0.1, -0.05) is 37.3 Å². The first-order valence-corrected chi connectivity index (χ1v) is 11.4. The number of sulfone groups is 1. The van der Waals surface area contributed by atoms with Gasteiger partial charge in [0.2, 0.25) is 0 Å². The molecule has 1 saturated carbocycles. The molecule has 130 valence electrons. The zero-order valence-electron chi connectivity index (χ0n) is 13.4. The highest BCUT2D eigenvalue weighted by atomic mass is 35.5. The molecule has 3 nitrogen and oxygen atoms in total. The molecule has 6 heteroatoms. The summed E-state index contributed by atoms with van der Waals surface area (Å²) in [6, 6.07) is 6.94. The van der Waals surface area contributed by atoms with E-state index >= 15 is 0 Å². The molecular weight excluding hydrogens is 350 g/mol. The summed E-state index contributed by atoms with van der Waals surface area (Å²) in [4.78, 5) is 0.388. The maximum absolute atomic E-state index is 12.1. The molecule has 3 rings (SSSR count). The van der Waals surface area contributed by atoms with Crippen molar-refractivity contribution >= 4 is 33.2 Å². The van der Waals surface area contributed by atoms with Gasteiger partial charge < -0.3 is 5.73 Å². The first kappa shape index (κ1) is 19.1. The van der Waals surface area contributed by atoms with Crippen molar-refractivity contribution in [3.05, 3.63) is 29.3 Å². The normalized spacial score (nSPS) is 23.0. The van der Waals surface area contributed by atoms with E-state index < -0.39 is 9.84 Å². The second-order valence-corrected chi connectivity index (χ2v) is 10.1. The Labute approximate surface area is 149 Å². The molecule has 1 aromatic carbocycles. The number of nitrogens with two attached hydrogens (primary N) is 1. The van der Waals surface area contributed by atoms with E-state index in [0.29, 0.717) is 21.7 Å². The Morgan fingerprint density at radius 3 is 2.13 bits per heavy atom. The maximum Gasteiger partial charge on any atom is 0.182 e. The second-order valence-electron chi connectivity index (χ2n) is 6.24. The molecule has 0 aromatic heterocycles. The monoisotopic (exact) mass is 375 g/mol. The van der Waals surface area contributed by atoms with Gasteiger partial charge in [-0.2, -0.15) is 11.8 Å². The van der Waals surface area contributed by atoms with Crippen LogP contribution in [0.3, 0.4) is 0 Å². The van der Waals surface area contributed by atoms with Crippen LogP contribution < -0.4 is 5.73 Å². The number of hydrogen-bond acceptors (Lipinski definition) is 4. The summed E-state index contributed by atoms with van der Waals surface area (Å²) >= 11 is 7.42. The van der Waals surface area contributed by atoms with E-state index in [4.69, 9.17) is 17.3 Å². The lowest BCUT2D eigenvalue weighted by molar-refractivity contribution is 0.583. The van der Waals surface area contributed by atoms with Crippen LogP contribution in [-0.2, 0) is 9.84 Å². The van der Waals surface area contributed by atoms with Gasteiger partial charge in [-0.3, -0.25) is 0 Å². The molecule has 1 saturated heterocycles. The van der Waals surface area contributed by atoms with Crippen LogP contribution in [0.15, 0.2) is 29.2 Å². The van der Waals surface area contributed by atoms with Crippen molar-refractivity contribution in [1.29, 1.82) is 0 Å². The minimum absolute atomic E-state index is 0.219. The molecule has 0 amide bonds. The van der Waals surface area contributed by atoms with Crippen LogP contribution in [0.4, 0.5) is 0 Å². The fourth-order valence-electron chi connectivity index (χ4n) is 2.89. The highest BCUT2D eigenvalue weighted by Gasteiger charge is 2.30. The average molecular weight is 376 g/mol. The average Bonchev–Trinajstić information content (AvgIpc) is 2.98. The molecule has 1 aromatic rings. The van der Waals surface area contributed by atoms with Crippen LogP contribution in [-0.4, -0.2) is 31.2 Å². The fraction of sp³-hybridized carbons (Fsp3) is 0.647. The predicted octanol–water partition coefficient (Wildman–Crippen LogP) is 4.29. The van der Waals surface area contributed by atoms with Crippen LogP contribution in [0, 0.1) is 0 Å². The summed E-state index contributed by atoms with van der Waals surface area (Å²) in [5.74, 6) is 1.66. The summed E-state index contributed by atoms with van der Waals surface area (Å²) in [5, 5.41) is 0.346. The predicted molar refractivity (Wildman–Crippen MR) is 100 cm³/mol. The van der Waals surface area contributed by atoms with Gasteiger partial charge in [-0.25, -0.2) is 8.42 Å². The smallest absolute Gasteiger partial charge is 0.182 e. The fourth-order valence-corrected chi connectivity index (χ4v) is 6.54. The lowest BCUT2D eigenvalue weighted by Gasteiger charge is -2.10. The molecule has 0 spiro atoms. The summed E-state index contributed by atoms with van der Waals surface area (Å²) in [7, 11) is -3.13. The minimum Gasteiger partial charge on any atom is -0.328 e. The van der Waals surface area contributed by atoms with Crippen molar-refractivity contribution in [2.45, 2.75) is 61.1 Å². The summed E-state index contributed by atoms with van der Waals surface area (Å²) in [6.07, 6.45) is 8.83. The number of rotatable bonds is 2. The van der Waals surface area contributed by atoms with E-state index in [9.17, 15) is 8.42 Å². The van der Waals surface area contributed by atoms with Gasteiger partial charge in [0.05, 0.1) is 10.1 Å². The SMILES string of the molecule is NC1CCCCCC1.O=S(=O)(c1ccc(Cl)cc1)C1CCSC1. The molecule has 2 aliphatic rings. The van der Waals surface area contributed by atoms with Gasteiger partial charge in [0.15, 0.2) is 9.84 Å². The van der Waals surface area contributed by atoms with Crippen LogP contribution in [0.5, 0.6) is 0 Å². The van der Waals surface area contributed by atoms with Crippen LogP contribution in [0.1, 0.15) is 44.9 Å². The molecule has 0 bridgehead atoms. The Morgan fingerprint density at radius 2 is 1.61 bits per heavy atom. The Morgan fingerprint density at radius 1 is 1.00 bits per heavy atom. The molecular formula is C17H26ClNO2S2. The van der Waals surface area contributed by atoms with Crippen LogP contribution in [0.25, 0.3) is 0 Å². The lowest BCUT2D eigenvalue weighted by Crippen LogP contribution is -2.20. The Balaban J connectivity index is 0.000000203. The summed E-state index contributed by atoms with van der Waals surface area (Å²) in [5.41, 5.74) is 5.73. The lowest BCUT2D eigenvalue weighted by atomic mass is 10.1. The summed E-state index contributed by atoms with van der Waals surface area (Å²) < 4.78 is 24.2. The van der Waals surface area contributed by atoms with Gasteiger partial charge in [-0.05, 0) is 49.3 Å².